The summed E-state index contributed by atoms with van der Waals surface area (Å²) in [7, 11) is 0. The molecule has 100 valence electrons. The lowest BCUT2D eigenvalue weighted by Gasteiger charge is -2.09. The summed E-state index contributed by atoms with van der Waals surface area (Å²) in [6.07, 6.45) is 0. The number of nitrogens with one attached hydrogen (secondary N) is 1. The molecule has 0 saturated carbocycles. The van der Waals surface area contributed by atoms with Gasteiger partial charge in [0.15, 0.2) is 0 Å². The third-order valence-corrected chi connectivity index (χ3v) is 2.86. The van der Waals surface area contributed by atoms with Crippen molar-refractivity contribution in [3.8, 4) is 0 Å². The number of halogens is 5. The van der Waals surface area contributed by atoms with E-state index in [9.17, 15) is 17.6 Å². The van der Waals surface area contributed by atoms with Crippen molar-refractivity contribution in [2.75, 3.05) is 5.32 Å². The van der Waals surface area contributed by atoms with Crippen LogP contribution >= 0.6 is 15.9 Å². The molecule has 0 atom stereocenters. The molecule has 0 aliphatic heterocycles. The average molecular weight is 334 g/mol. The number of hydrogen-bond donors (Lipinski definition) is 1. The van der Waals surface area contributed by atoms with E-state index in [-0.39, 0.29) is 22.3 Å². The molecule has 0 unspecified atom stereocenters. The molecule has 0 aliphatic carbocycles. The molecule has 2 aromatic carbocycles. The van der Waals surface area contributed by atoms with E-state index in [4.69, 9.17) is 0 Å². The highest BCUT2D eigenvalue weighted by Crippen LogP contribution is 2.24. The normalized spacial score (nSPS) is 10.6. The molecule has 0 spiro atoms. The molecule has 0 bridgehead atoms. The van der Waals surface area contributed by atoms with E-state index in [0.717, 1.165) is 30.3 Å². The van der Waals surface area contributed by atoms with Gasteiger partial charge >= 0.3 is 0 Å². The van der Waals surface area contributed by atoms with Gasteiger partial charge in [0.05, 0.1) is 0 Å². The Morgan fingerprint density at radius 2 is 1.37 bits per heavy atom. The van der Waals surface area contributed by atoms with Gasteiger partial charge in [-0.1, -0.05) is 15.9 Å². The predicted molar refractivity (Wildman–Crippen MR) is 67.7 cm³/mol. The van der Waals surface area contributed by atoms with E-state index in [0.29, 0.717) is 0 Å². The predicted octanol–water partition coefficient (Wildman–Crippen LogP) is 4.62. The zero-order valence-electron chi connectivity index (χ0n) is 9.48. The largest absolute Gasteiger partial charge is 0.376 e. The van der Waals surface area contributed by atoms with Crippen LogP contribution in [0.3, 0.4) is 0 Å². The Morgan fingerprint density at radius 1 is 0.842 bits per heavy atom. The molecule has 2 aromatic rings. The van der Waals surface area contributed by atoms with Crippen LogP contribution in [0, 0.1) is 23.3 Å². The van der Waals surface area contributed by atoms with E-state index in [1.807, 2.05) is 0 Å². The molecule has 6 heteroatoms. The Labute approximate surface area is 115 Å². The Balaban J connectivity index is 2.19. The first kappa shape index (κ1) is 13.9. The summed E-state index contributed by atoms with van der Waals surface area (Å²) < 4.78 is 53.1. The van der Waals surface area contributed by atoms with Gasteiger partial charge in [0.2, 0.25) is 0 Å². The van der Waals surface area contributed by atoms with Crippen LogP contribution in [0.2, 0.25) is 0 Å². The van der Waals surface area contributed by atoms with Gasteiger partial charge in [-0.05, 0) is 29.8 Å². The Kier molecular flexibility index (Phi) is 4.09. The van der Waals surface area contributed by atoms with Crippen molar-refractivity contribution in [1.82, 2.24) is 0 Å². The second-order valence-electron chi connectivity index (χ2n) is 3.88. The highest BCUT2D eigenvalue weighted by Gasteiger charge is 2.10. The molecule has 0 radical (unpaired) electrons. The van der Waals surface area contributed by atoms with Gasteiger partial charge in [-0.15, -0.1) is 0 Å². The average Bonchev–Trinajstić information content (AvgIpc) is 2.25. The Hall–Kier alpha value is -1.56. The van der Waals surface area contributed by atoms with Crippen molar-refractivity contribution in [1.29, 1.82) is 0 Å². The monoisotopic (exact) mass is 333 g/mol. The van der Waals surface area contributed by atoms with Crippen LogP contribution in [0.25, 0.3) is 0 Å². The highest BCUT2D eigenvalue weighted by molar-refractivity contribution is 9.10. The van der Waals surface area contributed by atoms with Gasteiger partial charge in [0, 0.05) is 17.1 Å². The van der Waals surface area contributed by atoms with Crippen LogP contribution in [-0.2, 0) is 6.54 Å². The van der Waals surface area contributed by atoms with Crippen molar-refractivity contribution in [3.63, 3.8) is 0 Å². The summed E-state index contributed by atoms with van der Waals surface area (Å²) in [5, 5.41) is 2.47. The molecule has 0 aliphatic rings. The molecular formula is C13H8BrF4N. The molecule has 2 rings (SSSR count). The summed E-state index contributed by atoms with van der Waals surface area (Å²) in [6, 6.07) is 5.09. The number of hydrogen-bond acceptors (Lipinski definition) is 1. The van der Waals surface area contributed by atoms with Gasteiger partial charge in [-0.3, -0.25) is 0 Å². The third kappa shape index (κ3) is 3.47. The van der Waals surface area contributed by atoms with Crippen LogP contribution < -0.4 is 5.32 Å². The fourth-order valence-electron chi connectivity index (χ4n) is 1.61. The van der Waals surface area contributed by atoms with Crippen molar-refractivity contribution in [2.24, 2.45) is 0 Å². The minimum Gasteiger partial charge on any atom is -0.376 e. The SMILES string of the molecule is Fc1cc(F)cc(CNc2c(F)cc(Br)cc2F)c1. The van der Waals surface area contributed by atoms with E-state index in [1.165, 1.54) is 0 Å². The van der Waals surface area contributed by atoms with Crippen molar-refractivity contribution in [2.45, 2.75) is 6.54 Å². The lowest BCUT2D eigenvalue weighted by atomic mass is 10.2. The zero-order chi connectivity index (χ0) is 14.0. The first-order valence-corrected chi connectivity index (χ1v) is 6.08. The van der Waals surface area contributed by atoms with Gasteiger partial charge in [0.25, 0.3) is 0 Å². The quantitative estimate of drug-likeness (QED) is 0.808. The van der Waals surface area contributed by atoms with Crippen LogP contribution in [-0.4, -0.2) is 0 Å². The van der Waals surface area contributed by atoms with Crippen LogP contribution in [0.5, 0.6) is 0 Å². The molecule has 0 amide bonds. The smallest absolute Gasteiger partial charge is 0.150 e. The van der Waals surface area contributed by atoms with Crippen LogP contribution in [0.4, 0.5) is 23.2 Å². The van der Waals surface area contributed by atoms with E-state index in [2.05, 4.69) is 21.2 Å². The van der Waals surface area contributed by atoms with Gasteiger partial charge in [-0.2, -0.15) is 0 Å². The molecule has 0 aromatic heterocycles. The molecule has 1 nitrogen and oxygen atoms in total. The van der Waals surface area contributed by atoms with E-state index < -0.39 is 23.3 Å². The molecule has 1 N–H and O–H groups in total. The van der Waals surface area contributed by atoms with E-state index >= 15 is 0 Å². The fraction of sp³-hybridized carbons (Fsp3) is 0.0769. The lowest BCUT2D eigenvalue weighted by Crippen LogP contribution is -2.04. The van der Waals surface area contributed by atoms with Crippen LogP contribution in [0.15, 0.2) is 34.8 Å². The van der Waals surface area contributed by atoms with Gasteiger partial charge in [-0.25, -0.2) is 17.6 Å². The number of benzene rings is 2. The first-order valence-electron chi connectivity index (χ1n) is 5.29. The summed E-state index contributed by atoms with van der Waals surface area (Å²) in [6.45, 7) is -0.0931. The minimum atomic E-state index is -0.788. The molecule has 0 heterocycles. The second-order valence-corrected chi connectivity index (χ2v) is 4.79. The summed E-state index contributed by atoms with van der Waals surface area (Å²) in [5.41, 5.74) is -0.0907. The van der Waals surface area contributed by atoms with Crippen LogP contribution in [0.1, 0.15) is 5.56 Å². The zero-order valence-corrected chi connectivity index (χ0v) is 11.1. The Morgan fingerprint density at radius 3 is 1.89 bits per heavy atom. The highest BCUT2D eigenvalue weighted by atomic mass is 79.9. The van der Waals surface area contributed by atoms with Gasteiger partial charge in [0.1, 0.15) is 29.0 Å². The first-order chi connectivity index (χ1) is 8.95. The maximum absolute atomic E-state index is 13.5. The second kappa shape index (κ2) is 5.61. The molecule has 0 fully saturated rings. The third-order valence-electron chi connectivity index (χ3n) is 2.40. The topological polar surface area (TPSA) is 12.0 Å². The molecule has 19 heavy (non-hydrogen) atoms. The van der Waals surface area contributed by atoms with Gasteiger partial charge < -0.3 is 5.32 Å². The summed E-state index contributed by atoms with van der Waals surface area (Å²) in [4.78, 5) is 0. The van der Waals surface area contributed by atoms with E-state index in [1.54, 1.807) is 0 Å². The van der Waals surface area contributed by atoms with Crippen molar-refractivity contribution >= 4 is 21.6 Å². The van der Waals surface area contributed by atoms with Crippen molar-refractivity contribution in [3.05, 3.63) is 63.6 Å². The standard InChI is InChI=1S/C13H8BrF4N/c14-8-3-11(17)13(12(18)4-8)19-6-7-1-9(15)5-10(16)2-7/h1-5,19H,6H2. The minimum absolute atomic E-state index is 0.0931. The number of anilines is 1. The Bertz CT molecular complexity index is 572. The maximum atomic E-state index is 13.5. The van der Waals surface area contributed by atoms with Crippen molar-refractivity contribution < 1.29 is 17.6 Å². The fourth-order valence-corrected chi connectivity index (χ4v) is 2.02. The molecular weight excluding hydrogens is 326 g/mol. The number of rotatable bonds is 3. The molecule has 0 saturated heterocycles. The lowest BCUT2D eigenvalue weighted by molar-refractivity contribution is 0.579. The summed E-state index contributed by atoms with van der Waals surface area (Å²) >= 11 is 2.96. The maximum Gasteiger partial charge on any atom is 0.150 e. The summed E-state index contributed by atoms with van der Waals surface area (Å²) in [5.74, 6) is -3.06.